The summed E-state index contributed by atoms with van der Waals surface area (Å²) in [5.74, 6) is 0.389. The molecule has 2 amide bonds. The van der Waals surface area contributed by atoms with E-state index in [1.807, 2.05) is 26.6 Å². The summed E-state index contributed by atoms with van der Waals surface area (Å²) in [6, 6.07) is 10.4. The lowest BCUT2D eigenvalue weighted by Gasteiger charge is -2.36. The van der Waals surface area contributed by atoms with Crippen LogP contribution in [0.3, 0.4) is 0 Å². The molecule has 2 aromatic heterocycles. The molecule has 1 fully saturated rings. The smallest absolute Gasteiger partial charge is 0.228 e. The highest BCUT2D eigenvalue weighted by Crippen LogP contribution is 2.27. The average molecular weight is 452 g/mol. The van der Waals surface area contributed by atoms with Crippen LogP contribution in [0.5, 0.6) is 0 Å². The molecule has 2 aliphatic rings. The van der Waals surface area contributed by atoms with Gasteiger partial charge >= 0.3 is 0 Å². The summed E-state index contributed by atoms with van der Waals surface area (Å²) >= 11 is 3.24. The number of thiophene rings is 1. The van der Waals surface area contributed by atoms with Crippen LogP contribution in [-0.2, 0) is 29.0 Å². The number of nitrogens with zero attached hydrogens (tertiary/aromatic N) is 3. The number of carbonyl (C=O) groups excluding carboxylic acids is 2. The first kappa shape index (κ1) is 20.4. The maximum Gasteiger partial charge on any atom is 0.228 e. The number of benzene rings is 1. The van der Waals surface area contributed by atoms with Crippen LogP contribution in [0.2, 0.25) is 0 Å². The first-order chi connectivity index (χ1) is 15.2. The van der Waals surface area contributed by atoms with Crippen molar-refractivity contribution in [2.45, 2.75) is 32.2 Å². The molecule has 0 saturated carbocycles. The van der Waals surface area contributed by atoms with E-state index in [0.29, 0.717) is 26.1 Å². The second-order valence-electron chi connectivity index (χ2n) is 8.27. The van der Waals surface area contributed by atoms with E-state index < -0.39 is 0 Å². The van der Waals surface area contributed by atoms with Crippen molar-refractivity contribution in [1.82, 2.24) is 14.8 Å². The minimum absolute atomic E-state index is 0.0266. The number of fused-ring (bicyclic) bond motifs is 1. The fourth-order valence-electron chi connectivity index (χ4n) is 4.49. The Kier molecular flexibility index (Phi) is 5.87. The molecule has 1 saturated heterocycles. The lowest BCUT2D eigenvalue weighted by Crippen LogP contribution is -2.46. The van der Waals surface area contributed by atoms with Gasteiger partial charge in [-0.1, -0.05) is 24.3 Å². The van der Waals surface area contributed by atoms with Gasteiger partial charge in [0.15, 0.2) is 0 Å². The minimum atomic E-state index is 0.0266. The number of amides is 2. The van der Waals surface area contributed by atoms with Crippen molar-refractivity contribution in [3.63, 3.8) is 0 Å². The van der Waals surface area contributed by atoms with Gasteiger partial charge in [0.05, 0.1) is 12.1 Å². The number of rotatable bonds is 4. The molecule has 0 atom stereocenters. The molecule has 0 radical (unpaired) electrons. The highest BCUT2D eigenvalue weighted by Gasteiger charge is 2.31. The van der Waals surface area contributed by atoms with Gasteiger partial charge in [0.1, 0.15) is 5.01 Å². The zero-order chi connectivity index (χ0) is 21.2. The Balaban J connectivity index is 1.13. The third-order valence-corrected chi connectivity index (χ3v) is 7.91. The van der Waals surface area contributed by atoms with E-state index in [-0.39, 0.29) is 17.7 Å². The summed E-state index contributed by atoms with van der Waals surface area (Å²) in [6.07, 6.45) is 2.77. The molecule has 0 N–H and O–H groups in total. The van der Waals surface area contributed by atoms with Crippen LogP contribution < -0.4 is 0 Å². The summed E-state index contributed by atoms with van der Waals surface area (Å²) in [6.45, 7) is 2.82. The van der Waals surface area contributed by atoms with E-state index in [4.69, 9.17) is 0 Å². The van der Waals surface area contributed by atoms with Crippen molar-refractivity contribution in [2.75, 3.05) is 19.6 Å². The second-order valence-corrected chi connectivity index (χ2v) is 9.90. The summed E-state index contributed by atoms with van der Waals surface area (Å²) in [5.41, 5.74) is 4.57. The van der Waals surface area contributed by atoms with Crippen LogP contribution in [0.15, 0.2) is 46.5 Å². The summed E-state index contributed by atoms with van der Waals surface area (Å²) in [4.78, 5) is 34.4. The number of likely N-dealkylation sites (tertiary alicyclic amines) is 1. The molecular weight excluding hydrogens is 426 g/mol. The highest BCUT2D eigenvalue weighted by molar-refractivity contribution is 7.14. The second kappa shape index (κ2) is 8.93. The topological polar surface area (TPSA) is 53.5 Å². The van der Waals surface area contributed by atoms with E-state index in [9.17, 15) is 9.59 Å². The first-order valence-electron chi connectivity index (χ1n) is 10.8. The SMILES string of the molecule is O=C(Cc1csc(-c2ccsc2)n1)N1CCC(C(=O)N2CCc3ccccc3C2)CC1. The quantitative estimate of drug-likeness (QED) is 0.596. The monoisotopic (exact) mass is 451 g/mol. The molecule has 5 rings (SSSR count). The largest absolute Gasteiger partial charge is 0.342 e. The van der Waals surface area contributed by atoms with Gasteiger partial charge in [-0.2, -0.15) is 11.3 Å². The molecule has 31 heavy (non-hydrogen) atoms. The molecule has 2 aliphatic heterocycles. The van der Waals surface area contributed by atoms with Gasteiger partial charge < -0.3 is 9.80 Å². The Morgan fingerprint density at radius 2 is 1.81 bits per heavy atom. The van der Waals surface area contributed by atoms with Crippen molar-refractivity contribution in [1.29, 1.82) is 0 Å². The van der Waals surface area contributed by atoms with Gasteiger partial charge in [-0.15, -0.1) is 11.3 Å². The van der Waals surface area contributed by atoms with E-state index in [1.165, 1.54) is 11.1 Å². The van der Waals surface area contributed by atoms with Gasteiger partial charge in [-0.25, -0.2) is 4.98 Å². The number of aromatic nitrogens is 1. The van der Waals surface area contributed by atoms with Crippen molar-refractivity contribution in [3.05, 3.63) is 63.3 Å². The lowest BCUT2D eigenvalue weighted by molar-refractivity contribution is -0.141. The predicted molar refractivity (Wildman–Crippen MR) is 124 cm³/mol. The molecule has 160 valence electrons. The summed E-state index contributed by atoms with van der Waals surface area (Å²) in [5, 5.41) is 7.06. The highest BCUT2D eigenvalue weighted by atomic mass is 32.1. The molecule has 4 heterocycles. The summed E-state index contributed by atoms with van der Waals surface area (Å²) in [7, 11) is 0. The van der Waals surface area contributed by atoms with Crippen LogP contribution in [0, 0.1) is 5.92 Å². The average Bonchev–Trinajstić information content (AvgIpc) is 3.50. The zero-order valence-corrected chi connectivity index (χ0v) is 19.0. The van der Waals surface area contributed by atoms with Crippen molar-refractivity contribution < 1.29 is 9.59 Å². The molecule has 0 aliphatic carbocycles. The van der Waals surface area contributed by atoms with Crippen LogP contribution in [0.25, 0.3) is 10.6 Å². The number of hydrogen-bond donors (Lipinski definition) is 0. The van der Waals surface area contributed by atoms with Crippen molar-refractivity contribution in [2.24, 2.45) is 5.92 Å². The number of piperidine rings is 1. The van der Waals surface area contributed by atoms with Gasteiger partial charge in [-0.05, 0) is 41.8 Å². The van der Waals surface area contributed by atoms with E-state index >= 15 is 0 Å². The zero-order valence-electron chi connectivity index (χ0n) is 17.3. The fraction of sp³-hybridized carbons (Fsp3) is 0.375. The van der Waals surface area contributed by atoms with Crippen LogP contribution in [0.1, 0.15) is 29.7 Å². The van der Waals surface area contributed by atoms with Crippen LogP contribution >= 0.6 is 22.7 Å². The Morgan fingerprint density at radius 3 is 2.58 bits per heavy atom. The third-order valence-electron chi connectivity index (χ3n) is 6.29. The maximum atomic E-state index is 13.1. The molecule has 1 aromatic carbocycles. The van der Waals surface area contributed by atoms with Gasteiger partial charge in [0.25, 0.3) is 0 Å². The molecule has 0 bridgehead atoms. The first-order valence-corrected chi connectivity index (χ1v) is 12.6. The molecule has 5 nitrogen and oxygen atoms in total. The van der Waals surface area contributed by atoms with Crippen LogP contribution in [0.4, 0.5) is 0 Å². The lowest BCUT2D eigenvalue weighted by atomic mass is 9.93. The normalized spacial score (nSPS) is 16.9. The molecule has 0 unspecified atom stereocenters. The number of thiazole rings is 1. The Labute approximate surface area is 190 Å². The molecule has 0 spiro atoms. The van der Waals surface area contributed by atoms with E-state index in [2.05, 4.69) is 34.6 Å². The van der Waals surface area contributed by atoms with Crippen LogP contribution in [-0.4, -0.2) is 46.2 Å². The third kappa shape index (κ3) is 4.43. The predicted octanol–water partition coefficient (Wildman–Crippen LogP) is 4.24. The van der Waals surface area contributed by atoms with Gasteiger partial charge in [0, 0.05) is 48.4 Å². The van der Waals surface area contributed by atoms with E-state index in [1.54, 1.807) is 22.7 Å². The molecule has 7 heteroatoms. The van der Waals surface area contributed by atoms with Crippen molar-refractivity contribution in [3.8, 4) is 10.6 Å². The van der Waals surface area contributed by atoms with Gasteiger partial charge in [-0.3, -0.25) is 9.59 Å². The summed E-state index contributed by atoms with van der Waals surface area (Å²) < 4.78 is 0. The molecular formula is C24H25N3O2S2. The Bertz CT molecular complexity index is 1070. The molecule has 3 aromatic rings. The minimum Gasteiger partial charge on any atom is -0.342 e. The van der Waals surface area contributed by atoms with Gasteiger partial charge in [0.2, 0.25) is 11.8 Å². The Morgan fingerprint density at radius 1 is 1.00 bits per heavy atom. The maximum absolute atomic E-state index is 13.1. The number of hydrogen-bond acceptors (Lipinski definition) is 5. The van der Waals surface area contributed by atoms with Crippen molar-refractivity contribution >= 4 is 34.5 Å². The fourth-order valence-corrected chi connectivity index (χ4v) is 6.02. The number of carbonyl (C=O) groups is 2. The Hall–Kier alpha value is -2.51. The van der Waals surface area contributed by atoms with E-state index in [0.717, 1.165) is 42.1 Å². The standard InChI is InChI=1S/C24H25N3O2S2/c28-22(13-21-16-31-23(25-21)20-8-12-30-15-20)26-9-6-18(7-10-26)24(29)27-11-5-17-3-1-2-4-19(17)14-27/h1-4,8,12,15-16,18H,5-7,9-11,13-14H2.